The van der Waals surface area contributed by atoms with Crippen LogP contribution in [0.4, 0.5) is 10.1 Å². The lowest BCUT2D eigenvalue weighted by molar-refractivity contribution is -0.134. The van der Waals surface area contributed by atoms with Gasteiger partial charge in [-0.3, -0.25) is 19.4 Å². The number of hydrogen-bond donors (Lipinski definition) is 1. The third-order valence-corrected chi connectivity index (χ3v) is 6.01. The Balaban J connectivity index is 1.39. The molecule has 156 valence electrons. The molecule has 1 aliphatic heterocycles. The first-order valence-electron chi connectivity index (χ1n) is 9.68. The molecule has 0 atom stereocenters. The highest BCUT2D eigenvalue weighted by atomic mass is 32.1. The molecule has 6 nitrogen and oxygen atoms in total. The van der Waals surface area contributed by atoms with Crippen molar-refractivity contribution in [2.24, 2.45) is 0 Å². The first-order chi connectivity index (χ1) is 13.9. The van der Waals surface area contributed by atoms with Gasteiger partial charge >= 0.3 is 0 Å². The van der Waals surface area contributed by atoms with Gasteiger partial charge in [-0.25, -0.2) is 4.39 Å². The maximum Gasteiger partial charge on any atom is 0.238 e. The normalized spacial score (nSPS) is 15.0. The number of amides is 2. The molecule has 0 radical (unpaired) electrons. The highest BCUT2D eigenvalue weighted by Gasteiger charge is 2.23. The molecule has 1 fully saturated rings. The van der Waals surface area contributed by atoms with Gasteiger partial charge in [0.2, 0.25) is 11.8 Å². The smallest absolute Gasteiger partial charge is 0.238 e. The van der Waals surface area contributed by atoms with E-state index in [0.717, 1.165) is 6.54 Å². The van der Waals surface area contributed by atoms with Crippen LogP contribution in [0, 0.1) is 12.7 Å². The molecule has 0 spiro atoms. The molecular formula is C21H27FN4O2S. The van der Waals surface area contributed by atoms with Crippen LogP contribution in [0.2, 0.25) is 0 Å². The third kappa shape index (κ3) is 6.35. The summed E-state index contributed by atoms with van der Waals surface area (Å²) in [7, 11) is 1.97. The number of carbonyl (C=O) groups excluding carboxylic acids is 2. The summed E-state index contributed by atoms with van der Waals surface area (Å²) in [5, 5.41) is 4.84. The first-order valence-corrected chi connectivity index (χ1v) is 10.6. The predicted molar refractivity (Wildman–Crippen MR) is 113 cm³/mol. The fourth-order valence-corrected chi connectivity index (χ4v) is 4.28. The Hall–Kier alpha value is -2.29. The second-order valence-electron chi connectivity index (χ2n) is 7.41. The molecule has 29 heavy (non-hydrogen) atoms. The fraction of sp³-hybridized carbons (Fsp3) is 0.429. The molecule has 0 aliphatic carbocycles. The van der Waals surface area contributed by atoms with Gasteiger partial charge in [-0.1, -0.05) is 0 Å². The van der Waals surface area contributed by atoms with Crippen LogP contribution in [-0.2, 0) is 16.1 Å². The Morgan fingerprint density at radius 2 is 1.83 bits per heavy atom. The number of hydrogen-bond acceptors (Lipinski definition) is 5. The van der Waals surface area contributed by atoms with E-state index >= 15 is 0 Å². The molecule has 2 aromatic rings. The number of halogens is 1. The van der Waals surface area contributed by atoms with E-state index in [9.17, 15) is 14.0 Å². The van der Waals surface area contributed by atoms with E-state index < -0.39 is 0 Å². The number of aryl methyl sites for hydroxylation is 1. The molecule has 0 unspecified atom stereocenters. The van der Waals surface area contributed by atoms with Crippen LogP contribution in [0.25, 0.3) is 0 Å². The number of nitrogens with zero attached hydrogens (tertiary/aromatic N) is 3. The van der Waals surface area contributed by atoms with E-state index in [-0.39, 0.29) is 24.2 Å². The Kier molecular flexibility index (Phi) is 7.35. The van der Waals surface area contributed by atoms with Crippen molar-refractivity contribution in [3.05, 3.63) is 52.0 Å². The molecule has 1 aromatic carbocycles. The molecule has 8 heteroatoms. The number of rotatable bonds is 7. The minimum absolute atomic E-state index is 0.122. The molecular weight excluding hydrogens is 391 g/mol. The van der Waals surface area contributed by atoms with Gasteiger partial charge in [0.05, 0.1) is 13.1 Å². The van der Waals surface area contributed by atoms with E-state index in [2.05, 4.69) is 23.7 Å². The molecule has 0 saturated carbocycles. The van der Waals surface area contributed by atoms with Crippen molar-refractivity contribution in [2.75, 3.05) is 51.6 Å². The van der Waals surface area contributed by atoms with Gasteiger partial charge in [-0.05, 0) is 55.2 Å². The van der Waals surface area contributed by atoms with Gasteiger partial charge in [0.1, 0.15) is 5.82 Å². The Bertz CT molecular complexity index is 831. The van der Waals surface area contributed by atoms with Crippen LogP contribution >= 0.6 is 11.3 Å². The number of anilines is 1. The van der Waals surface area contributed by atoms with Gasteiger partial charge in [0.25, 0.3) is 0 Å². The predicted octanol–water partition coefficient (Wildman–Crippen LogP) is 2.41. The summed E-state index contributed by atoms with van der Waals surface area (Å²) in [5.74, 6) is -0.348. The zero-order chi connectivity index (χ0) is 20.8. The van der Waals surface area contributed by atoms with E-state index in [1.54, 1.807) is 11.3 Å². The zero-order valence-corrected chi connectivity index (χ0v) is 17.7. The van der Waals surface area contributed by atoms with Crippen molar-refractivity contribution in [1.82, 2.24) is 14.7 Å². The van der Waals surface area contributed by atoms with Crippen molar-refractivity contribution in [2.45, 2.75) is 13.5 Å². The molecule has 3 rings (SSSR count). The van der Waals surface area contributed by atoms with Crippen molar-refractivity contribution in [3.63, 3.8) is 0 Å². The van der Waals surface area contributed by atoms with E-state index in [1.165, 1.54) is 34.7 Å². The molecule has 1 N–H and O–H groups in total. The van der Waals surface area contributed by atoms with Crippen LogP contribution in [0.15, 0.2) is 35.7 Å². The van der Waals surface area contributed by atoms with Gasteiger partial charge in [-0.15, -0.1) is 11.3 Å². The third-order valence-electron chi connectivity index (χ3n) is 5.01. The van der Waals surface area contributed by atoms with Crippen LogP contribution in [-0.4, -0.2) is 72.8 Å². The average molecular weight is 419 g/mol. The summed E-state index contributed by atoms with van der Waals surface area (Å²) in [6, 6.07) is 7.81. The van der Waals surface area contributed by atoms with Crippen LogP contribution in [0.5, 0.6) is 0 Å². The quantitative estimate of drug-likeness (QED) is 0.750. The summed E-state index contributed by atoms with van der Waals surface area (Å²) in [6.07, 6.45) is 0. The van der Waals surface area contributed by atoms with Gasteiger partial charge in [-0.2, -0.15) is 0 Å². The zero-order valence-electron chi connectivity index (χ0n) is 16.9. The number of thiophene rings is 1. The van der Waals surface area contributed by atoms with Crippen molar-refractivity contribution >= 4 is 28.8 Å². The molecule has 0 bridgehead atoms. The highest BCUT2D eigenvalue weighted by Crippen LogP contribution is 2.17. The second kappa shape index (κ2) is 9.96. The number of carbonyl (C=O) groups is 2. The average Bonchev–Trinajstić information content (AvgIpc) is 3.08. The SMILES string of the molecule is Cc1ccsc1CN(C)CC(=O)N1CCN(CC(=O)Nc2ccc(F)cc2)CC1. The Morgan fingerprint density at radius 3 is 2.45 bits per heavy atom. The second-order valence-corrected chi connectivity index (χ2v) is 8.41. The van der Waals surface area contributed by atoms with Gasteiger partial charge in [0.15, 0.2) is 0 Å². The highest BCUT2D eigenvalue weighted by molar-refractivity contribution is 7.10. The van der Waals surface area contributed by atoms with Crippen LogP contribution in [0.1, 0.15) is 10.4 Å². The summed E-state index contributed by atoms with van der Waals surface area (Å²) in [6.45, 7) is 6.08. The number of piperazine rings is 1. The molecule has 1 aliphatic rings. The lowest BCUT2D eigenvalue weighted by Crippen LogP contribution is -2.52. The standard InChI is InChI=1S/C21H27FN4O2S/c1-16-7-12-29-19(16)13-24(2)15-21(28)26-10-8-25(9-11-26)14-20(27)23-18-5-3-17(22)4-6-18/h3-7,12H,8-11,13-15H2,1-2H3,(H,23,27). The maximum atomic E-state index is 12.9. The first kappa shape index (κ1) is 21.4. The fourth-order valence-electron chi connectivity index (χ4n) is 3.29. The lowest BCUT2D eigenvalue weighted by atomic mass is 10.2. The minimum atomic E-state index is -0.333. The molecule has 2 amide bonds. The Labute approximate surface area is 174 Å². The van der Waals surface area contributed by atoms with Crippen LogP contribution in [0.3, 0.4) is 0 Å². The number of benzene rings is 1. The topological polar surface area (TPSA) is 55.9 Å². The lowest BCUT2D eigenvalue weighted by Gasteiger charge is -2.35. The minimum Gasteiger partial charge on any atom is -0.339 e. The Morgan fingerprint density at radius 1 is 1.14 bits per heavy atom. The molecule has 2 heterocycles. The van der Waals surface area contributed by atoms with E-state index in [4.69, 9.17) is 0 Å². The molecule has 1 saturated heterocycles. The largest absolute Gasteiger partial charge is 0.339 e. The molecule has 1 aromatic heterocycles. The van der Waals surface area contributed by atoms with E-state index in [0.29, 0.717) is 38.4 Å². The number of nitrogens with one attached hydrogen (secondary N) is 1. The van der Waals surface area contributed by atoms with Gasteiger partial charge in [0, 0.05) is 43.3 Å². The van der Waals surface area contributed by atoms with Crippen molar-refractivity contribution < 1.29 is 14.0 Å². The van der Waals surface area contributed by atoms with Crippen molar-refractivity contribution in [1.29, 1.82) is 0 Å². The maximum absolute atomic E-state index is 12.9. The van der Waals surface area contributed by atoms with Gasteiger partial charge < -0.3 is 10.2 Å². The summed E-state index contributed by atoms with van der Waals surface area (Å²) in [5.41, 5.74) is 1.84. The van der Waals surface area contributed by atoms with Crippen molar-refractivity contribution in [3.8, 4) is 0 Å². The van der Waals surface area contributed by atoms with Crippen LogP contribution < -0.4 is 5.32 Å². The van der Waals surface area contributed by atoms with E-state index in [1.807, 2.05) is 21.7 Å². The summed E-state index contributed by atoms with van der Waals surface area (Å²) in [4.78, 5) is 32.0. The summed E-state index contributed by atoms with van der Waals surface area (Å²) < 4.78 is 12.9. The summed E-state index contributed by atoms with van der Waals surface area (Å²) >= 11 is 1.72. The monoisotopic (exact) mass is 418 g/mol. The number of likely N-dealkylation sites (N-methyl/N-ethyl adjacent to an activating group) is 1.